The predicted molar refractivity (Wildman–Crippen MR) is 82.7 cm³/mol. The molecular weight excluding hydrogens is 290 g/mol. The molecule has 0 atom stereocenters. The van der Waals surface area contributed by atoms with Crippen LogP contribution < -0.4 is 0 Å². The minimum absolute atomic E-state index is 0.0639. The van der Waals surface area contributed by atoms with Crippen molar-refractivity contribution in [1.29, 1.82) is 0 Å². The van der Waals surface area contributed by atoms with Gasteiger partial charge in [-0.3, -0.25) is 4.68 Å². The Bertz CT molecular complexity index is 564. The van der Waals surface area contributed by atoms with E-state index in [1.165, 1.54) is 4.31 Å². The smallest absolute Gasteiger partial charge is 0.246 e. The first-order valence-electron chi connectivity index (χ1n) is 7.44. The summed E-state index contributed by atoms with van der Waals surface area (Å²) in [4.78, 5) is 0.308. The van der Waals surface area contributed by atoms with E-state index in [-0.39, 0.29) is 12.6 Å². The van der Waals surface area contributed by atoms with Gasteiger partial charge in [-0.2, -0.15) is 9.40 Å². The van der Waals surface area contributed by atoms with Crippen molar-refractivity contribution in [2.24, 2.45) is 0 Å². The number of sulfonamides is 1. The molecule has 1 N–H and O–H groups in total. The van der Waals surface area contributed by atoms with Crippen LogP contribution in [0.1, 0.15) is 45.0 Å². The minimum atomic E-state index is -3.54. The quantitative estimate of drug-likeness (QED) is 0.791. The third kappa shape index (κ3) is 3.84. The van der Waals surface area contributed by atoms with Crippen LogP contribution in [0.25, 0.3) is 0 Å². The standard InChI is InChI=1S/C14H27N3O3S/c1-6-8-17(11(2)3)21(19,20)14-12(4)15-16(13(14)5)9-7-10-18/h11,18H,6-10H2,1-5H3. The van der Waals surface area contributed by atoms with Gasteiger partial charge in [0.2, 0.25) is 10.0 Å². The number of hydrogen-bond acceptors (Lipinski definition) is 4. The monoisotopic (exact) mass is 317 g/mol. The highest BCUT2D eigenvalue weighted by atomic mass is 32.2. The SMILES string of the molecule is CCCN(C(C)C)S(=O)(=O)c1c(C)nn(CCCO)c1C. The number of aliphatic hydroxyl groups excluding tert-OH is 1. The van der Waals surface area contributed by atoms with Gasteiger partial charge in [0.1, 0.15) is 4.90 Å². The van der Waals surface area contributed by atoms with Gasteiger partial charge < -0.3 is 5.11 Å². The fourth-order valence-electron chi connectivity index (χ4n) is 2.49. The summed E-state index contributed by atoms with van der Waals surface area (Å²) < 4.78 is 29.0. The molecular formula is C14H27N3O3S. The highest BCUT2D eigenvalue weighted by molar-refractivity contribution is 7.89. The van der Waals surface area contributed by atoms with Crippen LogP contribution in [0.15, 0.2) is 4.90 Å². The molecule has 0 amide bonds. The molecule has 1 rings (SSSR count). The van der Waals surface area contributed by atoms with E-state index in [9.17, 15) is 8.42 Å². The van der Waals surface area contributed by atoms with Crippen molar-refractivity contribution in [2.45, 2.75) is 64.9 Å². The van der Waals surface area contributed by atoms with E-state index in [0.717, 1.165) is 6.42 Å². The Morgan fingerprint density at radius 1 is 1.33 bits per heavy atom. The Morgan fingerprint density at radius 2 is 1.95 bits per heavy atom. The highest BCUT2D eigenvalue weighted by Gasteiger charge is 2.31. The van der Waals surface area contributed by atoms with Crippen molar-refractivity contribution >= 4 is 10.0 Å². The van der Waals surface area contributed by atoms with E-state index in [1.54, 1.807) is 18.5 Å². The van der Waals surface area contributed by atoms with E-state index >= 15 is 0 Å². The molecule has 0 radical (unpaired) electrons. The lowest BCUT2D eigenvalue weighted by atomic mass is 10.4. The maximum Gasteiger partial charge on any atom is 0.246 e. The van der Waals surface area contributed by atoms with Crippen molar-refractivity contribution in [3.8, 4) is 0 Å². The maximum atomic E-state index is 12.9. The summed E-state index contributed by atoms with van der Waals surface area (Å²) in [5.41, 5.74) is 1.16. The number of nitrogens with zero attached hydrogens (tertiary/aromatic N) is 3. The summed E-state index contributed by atoms with van der Waals surface area (Å²) in [7, 11) is -3.54. The molecule has 0 bridgehead atoms. The van der Waals surface area contributed by atoms with E-state index in [0.29, 0.717) is 35.8 Å². The molecule has 122 valence electrons. The third-order valence-electron chi connectivity index (χ3n) is 3.43. The van der Waals surface area contributed by atoms with Gasteiger partial charge in [0, 0.05) is 25.7 Å². The molecule has 1 heterocycles. The summed E-state index contributed by atoms with van der Waals surface area (Å²) >= 11 is 0. The van der Waals surface area contributed by atoms with Gasteiger partial charge in [-0.25, -0.2) is 8.42 Å². The first-order chi connectivity index (χ1) is 9.77. The van der Waals surface area contributed by atoms with E-state index in [2.05, 4.69) is 5.10 Å². The van der Waals surface area contributed by atoms with Gasteiger partial charge in [0.15, 0.2) is 0 Å². The van der Waals surface area contributed by atoms with Gasteiger partial charge in [0.25, 0.3) is 0 Å². The summed E-state index contributed by atoms with van der Waals surface area (Å²) in [5, 5.41) is 13.2. The van der Waals surface area contributed by atoms with Crippen LogP contribution >= 0.6 is 0 Å². The zero-order valence-corrected chi connectivity index (χ0v) is 14.4. The zero-order valence-electron chi connectivity index (χ0n) is 13.6. The molecule has 0 aliphatic heterocycles. The van der Waals surface area contributed by atoms with Crippen LogP contribution in [0.2, 0.25) is 0 Å². The first kappa shape index (κ1) is 18.1. The molecule has 1 aromatic heterocycles. The fourth-order valence-corrected chi connectivity index (χ4v) is 4.59. The average molecular weight is 317 g/mol. The Balaban J connectivity index is 3.27. The molecule has 0 unspecified atom stereocenters. The largest absolute Gasteiger partial charge is 0.396 e. The Hall–Kier alpha value is -0.920. The van der Waals surface area contributed by atoms with Crippen LogP contribution in [0, 0.1) is 13.8 Å². The maximum absolute atomic E-state index is 12.9. The molecule has 7 heteroatoms. The van der Waals surface area contributed by atoms with Crippen molar-refractivity contribution < 1.29 is 13.5 Å². The Kier molecular flexibility index (Phi) is 6.37. The van der Waals surface area contributed by atoms with Gasteiger partial charge in [-0.05, 0) is 40.5 Å². The van der Waals surface area contributed by atoms with Crippen LogP contribution in [-0.4, -0.2) is 46.8 Å². The molecule has 0 saturated carbocycles. The Labute approximate surface area is 127 Å². The van der Waals surface area contributed by atoms with Crippen LogP contribution in [0.4, 0.5) is 0 Å². The molecule has 21 heavy (non-hydrogen) atoms. The molecule has 6 nitrogen and oxygen atoms in total. The van der Waals surface area contributed by atoms with Crippen molar-refractivity contribution in [1.82, 2.24) is 14.1 Å². The number of aromatic nitrogens is 2. The number of rotatable bonds is 8. The molecule has 0 fully saturated rings. The fraction of sp³-hybridized carbons (Fsp3) is 0.786. The summed E-state index contributed by atoms with van der Waals surface area (Å²) in [6.45, 7) is 10.3. The molecule has 0 aliphatic rings. The van der Waals surface area contributed by atoms with Crippen molar-refractivity contribution in [3.05, 3.63) is 11.4 Å². The second-order valence-corrected chi connectivity index (χ2v) is 7.34. The lowest BCUT2D eigenvalue weighted by Gasteiger charge is -2.25. The average Bonchev–Trinajstić information content (AvgIpc) is 2.68. The molecule has 0 saturated heterocycles. The van der Waals surface area contributed by atoms with Gasteiger partial charge >= 0.3 is 0 Å². The second-order valence-electron chi connectivity index (χ2n) is 5.51. The number of aryl methyl sites for hydroxylation is 2. The molecule has 0 aromatic carbocycles. The lowest BCUT2D eigenvalue weighted by Crippen LogP contribution is -2.38. The normalized spacial score (nSPS) is 12.6. The predicted octanol–water partition coefficient (Wildman–Crippen LogP) is 1.69. The molecule has 0 spiro atoms. The Morgan fingerprint density at radius 3 is 2.43 bits per heavy atom. The van der Waals surface area contributed by atoms with Gasteiger partial charge in [-0.15, -0.1) is 0 Å². The minimum Gasteiger partial charge on any atom is -0.396 e. The van der Waals surface area contributed by atoms with Gasteiger partial charge in [-0.1, -0.05) is 6.92 Å². The topological polar surface area (TPSA) is 75.4 Å². The van der Waals surface area contributed by atoms with Crippen molar-refractivity contribution in [2.75, 3.05) is 13.2 Å². The van der Waals surface area contributed by atoms with Crippen molar-refractivity contribution in [3.63, 3.8) is 0 Å². The van der Waals surface area contributed by atoms with Gasteiger partial charge in [0.05, 0.1) is 11.4 Å². The van der Waals surface area contributed by atoms with E-state index in [4.69, 9.17) is 5.11 Å². The number of aliphatic hydroxyl groups is 1. The zero-order chi connectivity index (χ0) is 16.2. The summed E-state index contributed by atoms with van der Waals surface area (Å²) in [5.74, 6) is 0. The van der Waals surface area contributed by atoms with Crippen LogP contribution in [0.5, 0.6) is 0 Å². The first-order valence-corrected chi connectivity index (χ1v) is 8.88. The van der Waals surface area contributed by atoms with E-state index in [1.807, 2.05) is 20.8 Å². The van der Waals surface area contributed by atoms with E-state index < -0.39 is 10.0 Å². The summed E-state index contributed by atoms with van der Waals surface area (Å²) in [6, 6.07) is -0.0884. The molecule has 1 aromatic rings. The molecule has 0 aliphatic carbocycles. The highest BCUT2D eigenvalue weighted by Crippen LogP contribution is 2.25. The third-order valence-corrected chi connectivity index (χ3v) is 5.76. The lowest BCUT2D eigenvalue weighted by molar-refractivity contribution is 0.276. The number of hydrogen-bond donors (Lipinski definition) is 1. The second kappa shape index (κ2) is 7.38. The van der Waals surface area contributed by atoms with Crippen LogP contribution in [0.3, 0.4) is 0 Å². The summed E-state index contributed by atoms with van der Waals surface area (Å²) in [6.07, 6.45) is 1.33. The van der Waals surface area contributed by atoms with Crippen LogP contribution in [-0.2, 0) is 16.6 Å².